The van der Waals surface area contributed by atoms with Crippen LogP contribution in [-0.4, -0.2) is 86.6 Å². The molecule has 0 unspecified atom stereocenters. The summed E-state index contributed by atoms with van der Waals surface area (Å²) in [4.78, 5) is 34.3. The zero-order chi connectivity index (χ0) is 17.8. The van der Waals surface area contributed by atoms with Crippen molar-refractivity contribution in [3.05, 3.63) is 12.7 Å². The van der Waals surface area contributed by atoms with E-state index >= 15 is 0 Å². The molecule has 2 saturated heterocycles. The van der Waals surface area contributed by atoms with Crippen LogP contribution in [0.25, 0.3) is 0 Å². The van der Waals surface area contributed by atoms with Gasteiger partial charge in [0, 0.05) is 46.2 Å². The van der Waals surface area contributed by atoms with E-state index in [-0.39, 0.29) is 17.9 Å². The number of nitrogens with zero attached hydrogens (tertiary/aromatic N) is 6. The highest BCUT2D eigenvalue weighted by molar-refractivity contribution is 5.82. The van der Waals surface area contributed by atoms with E-state index < -0.39 is 0 Å². The summed E-state index contributed by atoms with van der Waals surface area (Å²) in [5.74, 6) is 0.775. The molecule has 2 atom stereocenters. The number of hydrogen-bond acceptors (Lipinski definition) is 5. The van der Waals surface area contributed by atoms with E-state index in [1.54, 1.807) is 19.6 Å². The van der Waals surface area contributed by atoms with Gasteiger partial charge in [-0.05, 0) is 32.2 Å². The normalized spacial score (nSPS) is 23.5. The molecule has 0 radical (unpaired) electrons. The highest BCUT2D eigenvalue weighted by Gasteiger charge is 2.31. The van der Waals surface area contributed by atoms with Crippen LogP contribution < -0.4 is 0 Å². The number of rotatable bonds is 4. The van der Waals surface area contributed by atoms with Crippen LogP contribution in [0.4, 0.5) is 0 Å². The van der Waals surface area contributed by atoms with Gasteiger partial charge in [0.2, 0.25) is 11.8 Å². The van der Waals surface area contributed by atoms with E-state index in [2.05, 4.69) is 15.0 Å². The summed E-state index contributed by atoms with van der Waals surface area (Å²) in [5, 5.41) is 4.19. The van der Waals surface area contributed by atoms with Crippen LogP contribution in [0.15, 0.2) is 12.7 Å². The average molecular weight is 348 g/mol. The Kier molecular flexibility index (Phi) is 5.67. The molecule has 3 heterocycles. The van der Waals surface area contributed by atoms with Crippen LogP contribution in [0.5, 0.6) is 0 Å². The van der Waals surface area contributed by atoms with E-state index in [4.69, 9.17) is 0 Å². The number of piperazine rings is 1. The maximum Gasteiger partial charge on any atom is 0.239 e. The lowest BCUT2D eigenvalue weighted by Crippen LogP contribution is -2.56. The van der Waals surface area contributed by atoms with Crippen molar-refractivity contribution in [1.29, 1.82) is 0 Å². The molecule has 2 amide bonds. The summed E-state index contributed by atoms with van der Waals surface area (Å²) in [6.45, 7) is 8.90. The summed E-state index contributed by atoms with van der Waals surface area (Å²) in [7, 11) is 0. The van der Waals surface area contributed by atoms with Gasteiger partial charge in [0.15, 0.2) is 0 Å². The van der Waals surface area contributed by atoms with Crippen LogP contribution in [0.1, 0.15) is 26.7 Å². The summed E-state index contributed by atoms with van der Waals surface area (Å²) in [5.41, 5.74) is 0. The van der Waals surface area contributed by atoms with Gasteiger partial charge in [0.25, 0.3) is 0 Å². The first-order valence-corrected chi connectivity index (χ1v) is 9.15. The van der Waals surface area contributed by atoms with Crippen LogP contribution >= 0.6 is 0 Å². The van der Waals surface area contributed by atoms with Crippen molar-refractivity contribution in [2.45, 2.75) is 39.3 Å². The quantitative estimate of drug-likeness (QED) is 0.770. The molecule has 0 aromatic carbocycles. The molecule has 0 saturated carbocycles. The molecule has 1 aromatic rings. The average Bonchev–Trinajstić information content (AvgIpc) is 3.13. The van der Waals surface area contributed by atoms with Crippen molar-refractivity contribution in [2.24, 2.45) is 5.92 Å². The van der Waals surface area contributed by atoms with E-state index in [1.807, 2.05) is 21.4 Å². The van der Waals surface area contributed by atoms with Gasteiger partial charge in [0.05, 0.1) is 6.04 Å². The van der Waals surface area contributed by atoms with Gasteiger partial charge in [-0.25, -0.2) is 4.98 Å². The number of carbonyl (C=O) groups excluding carboxylic acids is 2. The van der Waals surface area contributed by atoms with E-state index in [0.717, 1.165) is 32.5 Å². The van der Waals surface area contributed by atoms with Crippen LogP contribution in [0.2, 0.25) is 0 Å². The molecule has 0 spiro atoms. The number of carbonyl (C=O) groups is 2. The van der Waals surface area contributed by atoms with Gasteiger partial charge in [-0.3, -0.25) is 19.2 Å². The molecule has 8 heteroatoms. The monoisotopic (exact) mass is 348 g/mol. The zero-order valence-electron chi connectivity index (χ0n) is 15.2. The second-order valence-electron chi connectivity index (χ2n) is 7.13. The zero-order valence-corrected chi connectivity index (χ0v) is 15.2. The Bertz CT molecular complexity index is 582. The summed E-state index contributed by atoms with van der Waals surface area (Å²) in [6.07, 6.45) is 5.58. The molecular formula is C17H28N6O2. The second-order valence-corrected chi connectivity index (χ2v) is 7.13. The van der Waals surface area contributed by atoms with Crippen LogP contribution in [-0.2, 0) is 16.1 Å². The molecule has 0 N–H and O–H groups in total. The van der Waals surface area contributed by atoms with Crippen molar-refractivity contribution in [3.8, 4) is 0 Å². The number of hydrogen-bond donors (Lipinski definition) is 0. The molecule has 2 fully saturated rings. The predicted molar refractivity (Wildman–Crippen MR) is 92.6 cm³/mol. The van der Waals surface area contributed by atoms with Gasteiger partial charge in [0.1, 0.15) is 12.7 Å². The lowest BCUT2D eigenvalue weighted by Gasteiger charge is -2.40. The molecular weight excluding hydrogens is 320 g/mol. The van der Waals surface area contributed by atoms with Gasteiger partial charge in [-0.2, -0.15) is 5.10 Å². The minimum Gasteiger partial charge on any atom is -0.339 e. The second kappa shape index (κ2) is 7.95. The van der Waals surface area contributed by atoms with E-state index in [9.17, 15) is 9.59 Å². The third-order valence-corrected chi connectivity index (χ3v) is 5.40. The van der Waals surface area contributed by atoms with Gasteiger partial charge in [-0.1, -0.05) is 0 Å². The number of likely N-dealkylation sites (tertiary alicyclic amines) is 1. The molecule has 0 bridgehead atoms. The van der Waals surface area contributed by atoms with E-state index in [1.165, 1.54) is 0 Å². The predicted octanol–water partition coefficient (Wildman–Crippen LogP) is 0.0693. The Balaban J connectivity index is 1.52. The first kappa shape index (κ1) is 17.8. The fourth-order valence-corrected chi connectivity index (χ4v) is 3.85. The minimum absolute atomic E-state index is 0.0899. The Hall–Kier alpha value is -1.96. The largest absolute Gasteiger partial charge is 0.339 e. The smallest absolute Gasteiger partial charge is 0.239 e. The molecule has 1 aromatic heterocycles. The van der Waals surface area contributed by atoms with Gasteiger partial charge < -0.3 is 9.80 Å². The third kappa shape index (κ3) is 4.36. The Morgan fingerprint density at radius 3 is 2.52 bits per heavy atom. The summed E-state index contributed by atoms with van der Waals surface area (Å²) >= 11 is 0. The van der Waals surface area contributed by atoms with Crippen molar-refractivity contribution < 1.29 is 9.59 Å². The molecule has 25 heavy (non-hydrogen) atoms. The molecule has 3 rings (SSSR count). The fourth-order valence-electron chi connectivity index (χ4n) is 3.85. The topological polar surface area (TPSA) is 74.6 Å². The lowest BCUT2D eigenvalue weighted by molar-refractivity contribution is -0.142. The van der Waals surface area contributed by atoms with Gasteiger partial charge >= 0.3 is 0 Å². The lowest BCUT2D eigenvalue weighted by atomic mass is 9.96. The first-order valence-electron chi connectivity index (χ1n) is 9.15. The van der Waals surface area contributed by atoms with Crippen molar-refractivity contribution in [1.82, 2.24) is 29.5 Å². The van der Waals surface area contributed by atoms with Crippen LogP contribution in [0, 0.1) is 5.92 Å². The minimum atomic E-state index is -0.109. The van der Waals surface area contributed by atoms with Crippen molar-refractivity contribution >= 4 is 11.8 Å². The first-order chi connectivity index (χ1) is 12.0. The number of piperidine rings is 1. The SMILES string of the molecule is CC(=O)N1CCN(C(=O)[C@@H](C)N2CCC[C@H](Cn3cncn3)C2)CC1. The molecule has 2 aliphatic rings. The summed E-state index contributed by atoms with van der Waals surface area (Å²) in [6, 6.07) is -0.109. The Morgan fingerprint density at radius 2 is 1.88 bits per heavy atom. The van der Waals surface area contributed by atoms with Crippen LogP contribution in [0.3, 0.4) is 0 Å². The molecule has 138 valence electrons. The fraction of sp³-hybridized carbons (Fsp3) is 0.765. The standard InChI is InChI=1S/C17H28N6O2/c1-14(17(25)21-8-6-20(7-9-21)15(2)24)22-5-3-4-16(10-22)11-23-13-18-12-19-23/h12-14,16H,3-11H2,1-2H3/t14-,16+/m1/s1. The molecule has 0 aliphatic carbocycles. The molecule has 8 nitrogen and oxygen atoms in total. The maximum absolute atomic E-state index is 12.9. The number of aromatic nitrogens is 3. The Morgan fingerprint density at radius 1 is 1.16 bits per heavy atom. The van der Waals surface area contributed by atoms with Gasteiger partial charge in [-0.15, -0.1) is 0 Å². The third-order valence-electron chi connectivity index (χ3n) is 5.40. The van der Waals surface area contributed by atoms with E-state index in [0.29, 0.717) is 32.1 Å². The summed E-state index contributed by atoms with van der Waals surface area (Å²) < 4.78 is 1.88. The molecule has 2 aliphatic heterocycles. The highest BCUT2D eigenvalue weighted by atomic mass is 16.2. The Labute approximate surface area is 148 Å². The van der Waals surface area contributed by atoms with Crippen molar-refractivity contribution in [3.63, 3.8) is 0 Å². The number of amides is 2. The van der Waals surface area contributed by atoms with Crippen molar-refractivity contribution in [2.75, 3.05) is 39.3 Å². The highest BCUT2D eigenvalue weighted by Crippen LogP contribution is 2.21. The maximum atomic E-state index is 12.9.